The molecule has 5 N–H and O–H groups in total. The Kier molecular flexibility index (Phi) is 5.90. The molecule has 0 saturated carbocycles. The highest BCUT2D eigenvalue weighted by molar-refractivity contribution is 8.24. The average molecular weight is 441 g/mol. The number of hydrogen-bond donors (Lipinski definition) is 4. The Labute approximate surface area is 183 Å². The van der Waals surface area contributed by atoms with Crippen LogP contribution in [0.3, 0.4) is 0 Å². The molecule has 1 aromatic heterocycles. The Morgan fingerprint density at radius 2 is 2.03 bits per heavy atom. The van der Waals surface area contributed by atoms with Crippen molar-refractivity contribution in [3.8, 4) is 0 Å². The van der Waals surface area contributed by atoms with Crippen molar-refractivity contribution >= 4 is 38.9 Å². The third-order valence-corrected chi connectivity index (χ3v) is 7.50. The topological polar surface area (TPSA) is 112 Å². The van der Waals surface area contributed by atoms with Crippen LogP contribution in [0.5, 0.6) is 0 Å². The number of hydrogen-bond acceptors (Lipinski definition) is 6. The number of rotatable bonds is 4. The fourth-order valence-electron chi connectivity index (χ4n) is 3.78. The number of carbonyl (C=O) groups is 1. The van der Waals surface area contributed by atoms with Gasteiger partial charge in [0.1, 0.15) is 5.82 Å². The lowest BCUT2D eigenvalue weighted by atomic mass is 10.1. The first kappa shape index (κ1) is 21.6. The number of carbonyl (C=O) groups excluding carboxylic acids is 1. The second-order valence-corrected chi connectivity index (χ2v) is 10.1. The van der Waals surface area contributed by atoms with Gasteiger partial charge in [-0.2, -0.15) is 10.6 Å². The molecule has 2 heterocycles. The molecule has 0 spiro atoms. The number of benzene rings is 2. The Bertz CT molecular complexity index is 1140. The van der Waals surface area contributed by atoms with E-state index in [4.69, 9.17) is 10.7 Å². The number of anilines is 2. The Balaban J connectivity index is 1.78. The molecule has 31 heavy (non-hydrogen) atoms. The number of nitrogens with zero attached hydrogens (tertiary/aromatic N) is 2. The van der Waals surface area contributed by atoms with Gasteiger partial charge in [0, 0.05) is 24.5 Å². The first-order valence-electron chi connectivity index (χ1n) is 10.3. The lowest BCUT2D eigenvalue weighted by Crippen LogP contribution is -2.35. The Hall–Kier alpha value is -2.65. The summed E-state index contributed by atoms with van der Waals surface area (Å²) in [5.41, 5.74) is 9.27. The van der Waals surface area contributed by atoms with E-state index in [-0.39, 0.29) is 11.7 Å². The molecule has 0 fully saturated rings. The summed E-state index contributed by atoms with van der Waals surface area (Å²) < 4.78 is 21.3. The standard InChI is InChI=1S/C23H28N4O3S/c1-3-18(24)23(28)26-20-13-22(25-19-9-8-15(2)12-17(19)20)27-10-11-31(29,30)21-7-5-4-6-16(21)14-27/h4-9,12-13,18,29-30H,3,10-11,14,24H2,1-2H3,(H,25,26,28). The molecule has 164 valence electrons. The molecular weight excluding hydrogens is 412 g/mol. The van der Waals surface area contributed by atoms with E-state index in [1.54, 1.807) is 6.07 Å². The van der Waals surface area contributed by atoms with Gasteiger partial charge in [-0.15, -0.1) is 0 Å². The van der Waals surface area contributed by atoms with Crippen molar-refractivity contribution in [1.29, 1.82) is 0 Å². The predicted octanol–water partition coefficient (Wildman–Crippen LogP) is 4.35. The molecule has 1 aliphatic heterocycles. The lowest BCUT2D eigenvalue weighted by molar-refractivity contribution is -0.117. The van der Waals surface area contributed by atoms with Crippen LogP contribution in [0, 0.1) is 6.92 Å². The highest BCUT2D eigenvalue weighted by atomic mass is 32.3. The largest absolute Gasteiger partial charge is 0.351 e. The van der Waals surface area contributed by atoms with Crippen molar-refractivity contribution in [1.82, 2.24) is 4.98 Å². The van der Waals surface area contributed by atoms with Gasteiger partial charge in [-0.1, -0.05) is 36.8 Å². The molecule has 7 nitrogen and oxygen atoms in total. The summed E-state index contributed by atoms with van der Waals surface area (Å²) in [5, 5.41) is 3.82. The van der Waals surface area contributed by atoms with Crippen LogP contribution in [0.1, 0.15) is 24.5 Å². The number of nitrogens with two attached hydrogens (primary N) is 1. The van der Waals surface area contributed by atoms with Crippen molar-refractivity contribution in [3.63, 3.8) is 0 Å². The van der Waals surface area contributed by atoms with Gasteiger partial charge in [-0.05, 0) is 37.1 Å². The van der Waals surface area contributed by atoms with Crippen LogP contribution in [0.2, 0.25) is 0 Å². The number of nitrogens with one attached hydrogen (secondary N) is 1. The lowest BCUT2D eigenvalue weighted by Gasteiger charge is -2.32. The van der Waals surface area contributed by atoms with E-state index in [1.165, 1.54) is 0 Å². The van der Waals surface area contributed by atoms with E-state index in [9.17, 15) is 13.9 Å². The summed E-state index contributed by atoms with van der Waals surface area (Å²) in [4.78, 5) is 20.0. The molecule has 1 aliphatic rings. The van der Waals surface area contributed by atoms with Crippen molar-refractivity contribution in [2.45, 2.75) is 37.8 Å². The van der Waals surface area contributed by atoms with Crippen LogP contribution in [0.25, 0.3) is 10.9 Å². The van der Waals surface area contributed by atoms with Crippen molar-refractivity contribution in [2.24, 2.45) is 5.73 Å². The molecule has 4 rings (SSSR count). The summed E-state index contributed by atoms with van der Waals surface area (Å²) in [6.07, 6.45) is 0.543. The zero-order chi connectivity index (χ0) is 22.2. The molecule has 0 saturated heterocycles. The molecule has 0 bridgehead atoms. The Morgan fingerprint density at radius 1 is 1.26 bits per heavy atom. The molecule has 1 amide bonds. The van der Waals surface area contributed by atoms with E-state index in [2.05, 4.69) is 5.32 Å². The zero-order valence-electron chi connectivity index (χ0n) is 17.7. The van der Waals surface area contributed by atoms with E-state index in [0.29, 0.717) is 35.9 Å². The van der Waals surface area contributed by atoms with Crippen LogP contribution in [0.15, 0.2) is 53.4 Å². The van der Waals surface area contributed by atoms with Crippen LogP contribution < -0.4 is 16.0 Å². The zero-order valence-corrected chi connectivity index (χ0v) is 18.5. The quantitative estimate of drug-likeness (QED) is 0.480. The first-order valence-corrected chi connectivity index (χ1v) is 12.1. The smallest absolute Gasteiger partial charge is 0.241 e. The molecular formula is C23H28N4O3S. The maximum atomic E-state index is 12.5. The highest BCUT2D eigenvalue weighted by Crippen LogP contribution is 2.51. The van der Waals surface area contributed by atoms with Gasteiger partial charge in [0.05, 0.1) is 27.9 Å². The predicted molar refractivity (Wildman–Crippen MR) is 127 cm³/mol. The first-order chi connectivity index (χ1) is 14.8. The monoisotopic (exact) mass is 440 g/mol. The second-order valence-electron chi connectivity index (χ2n) is 7.95. The van der Waals surface area contributed by atoms with E-state index in [1.807, 2.05) is 61.2 Å². The minimum absolute atomic E-state index is 0.222. The normalized spacial score (nSPS) is 17.5. The molecule has 1 unspecified atom stereocenters. The summed E-state index contributed by atoms with van der Waals surface area (Å²) in [6.45, 7) is 4.80. The van der Waals surface area contributed by atoms with Gasteiger partial charge < -0.3 is 16.0 Å². The van der Waals surface area contributed by atoms with Crippen molar-refractivity contribution in [2.75, 3.05) is 22.5 Å². The maximum Gasteiger partial charge on any atom is 0.241 e. The summed E-state index contributed by atoms with van der Waals surface area (Å²) in [7, 11) is -2.87. The maximum absolute atomic E-state index is 12.5. The highest BCUT2D eigenvalue weighted by Gasteiger charge is 2.27. The van der Waals surface area contributed by atoms with Crippen molar-refractivity contribution in [3.05, 3.63) is 59.7 Å². The van der Waals surface area contributed by atoms with Gasteiger partial charge in [-0.25, -0.2) is 4.98 Å². The van der Waals surface area contributed by atoms with Crippen LogP contribution in [0.4, 0.5) is 11.5 Å². The van der Waals surface area contributed by atoms with E-state index in [0.717, 1.165) is 22.0 Å². The summed E-state index contributed by atoms with van der Waals surface area (Å²) >= 11 is 0. The summed E-state index contributed by atoms with van der Waals surface area (Å²) in [6, 6.07) is 14.6. The minimum Gasteiger partial charge on any atom is -0.351 e. The number of pyridine rings is 1. The molecule has 3 aromatic rings. The molecule has 2 aromatic carbocycles. The fraction of sp³-hybridized carbons (Fsp3) is 0.304. The number of amides is 1. The third kappa shape index (κ3) is 4.38. The van der Waals surface area contributed by atoms with Gasteiger partial charge in [0.25, 0.3) is 0 Å². The summed E-state index contributed by atoms with van der Waals surface area (Å²) in [5.74, 6) is 0.654. The fourth-order valence-corrected chi connectivity index (χ4v) is 5.33. The van der Waals surface area contributed by atoms with Gasteiger partial charge in [0.15, 0.2) is 0 Å². The van der Waals surface area contributed by atoms with Crippen LogP contribution in [-0.2, 0) is 11.3 Å². The van der Waals surface area contributed by atoms with Gasteiger partial charge in [-0.3, -0.25) is 13.9 Å². The molecule has 1 atom stereocenters. The molecule has 0 aliphatic carbocycles. The number of fused-ring (bicyclic) bond motifs is 2. The van der Waals surface area contributed by atoms with Crippen molar-refractivity contribution < 1.29 is 13.9 Å². The number of aryl methyl sites for hydroxylation is 1. The third-order valence-electron chi connectivity index (χ3n) is 5.64. The average Bonchev–Trinajstić information content (AvgIpc) is 2.89. The Morgan fingerprint density at radius 3 is 2.81 bits per heavy atom. The molecule has 0 radical (unpaired) electrons. The number of aromatic nitrogens is 1. The van der Waals surface area contributed by atoms with Crippen LogP contribution >= 0.6 is 10.6 Å². The second kappa shape index (κ2) is 8.47. The van der Waals surface area contributed by atoms with E-state index >= 15 is 0 Å². The molecule has 8 heteroatoms. The SMILES string of the molecule is CCC(N)C(=O)Nc1cc(N2CCS(O)(O)c3ccccc3C2)nc2ccc(C)cc12. The van der Waals surface area contributed by atoms with E-state index < -0.39 is 16.6 Å². The van der Waals surface area contributed by atoms with Crippen LogP contribution in [-0.4, -0.2) is 38.3 Å². The van der Waals surface area contributed by atoms with Gasteiger partial charge in [0.2, 0.25) is 5.91 Å². The van der Waals surface area contributed by atoms with Gasteiger partial charge >= 0.3 is 0 Å². The minimum atomic E-state index is -2.87.